The molecule has 0 unspecified atom stereocenters. The van der Waals surface area contributed by atoms with Crippen molar-refractivity contribution in [3.63, 3.8) is 0 Å². The van der Waals surface area contributed by atoms with E-state index in [2.05, 4.69) is 16.7 Å². The Hall–Kier alpha value is -0.610. The molecule has 4 nitrogen and oxygen atoms in total. The Labute approximate surface area is 104 Å². The lowest BCUT2D eigenvalue weighted by Gasteiger charge is -2.36. The topological polar surface area (TPSA) is 43.8 Å². The van der Waals surface area contributed by atoms with Gasteiger partial charge in [0.15, 0.2) is 0 Å². The Kier molecular flexibility index (Phi) is 4.05. The molecular formula is C13H24N2O2. The van der Waals surface area contributed by atoms with E-state index in [9.17, 15) is 4.79 Å². The molecule has 1 aliphatic carbocycles. The van der Waals surface area contributed by atoms with Crippen LogP contribution in [0.15, 0.2) is 0 Å². The van der Waals surface area contributed by atoms with Crippen LogP contribution in [0.1, 0.15) is 32.6 Å². The van der Waals surface area contributed by atoms with Crippen LogP contribution < -0.4 is 0 Å². The molecule has 1 aliphatic heterocycles. The van der Waals surface area contributed by atoms with Crippen LogP contribution in [0.5, 0.6) is 0 Å². The Morgan fingerprint density at radius 2 is 1.76 bits per heavy atom. The molecule has 0 aromatic rings. The van der Waals surface area contributed by atoms with Gasteiger partial charge in [0, 0.05) is 32.7 Å². The first-order valence-electron chi connectivity index (χ1n) is 6.80. The zero-order valence-electron chi connectivity index (χ0n) is 10.8. The normalized spacial score (nSPS) is 24.8. The van der Waals surface area contributed by atoms with Gasteiger partial charge in [0.05, 0.1) is 6.42 Å². The molecule has 1 saturated heterocycles. The molecule has 0 amide bonds. The monoisotopic (exact) mass is 240 g/mol. The van der Waals surface area contributed by atoms with Crippen molar-refractivity contribution in [2.24, 2.45) is 5.41 Å². The smallest absolute Gasteiger partial charge is 0.303 e. The van der Waals surface area contributed by atoms with Gasteiger partial charge in [-0.2, -0.15) is 0 Å². The van der Waals surface area contributed by atoms with Crippen LogP contribution in [0, 0.1) is 5.41 Å². The molecule has 1 heterocycles. The fraction of sp³-hybridized carbons (Fsp3) is 0.923. The van der Waals surface area contributed by atoms with E-state index in [1.807, 2.05) is 0 Å². The summed E-state index contributed by atoms with van der Waals surface area (Å²) in [5, 5.41) is 8.90. The molecule has 0 bridgehead atoms. The molecule has 17 heavy (non-hydrogen) atoms. The molecule has 2 rings (SSSR count). The number of hydrogen-bond acceptors (Lipinski definition) is 3. The third-order valence-corrected chi connectivity index (χ3v) is 4.05. The number of nitrogens with zero attached hydrogens (tertiary/aromatic N) is 2. The summed E-state index contributed by atoms with van der Waals surface area (Å²) in [6, 6.07) is 0. The van der Waals surface area contributed by atoms with E-state index in [0.29, 0.717) is 6.42 Å². The number of aliphatic carboxylic acids is 1. The van der Waals surface area contributed by atoms with Crippen molar-refractivity contribution >= 4 is 5.97 Å². The van der Waals surface area contributed by atoms with Crippen LogP contribution in [0.25, 0.3) is 0 Å². The van der Waals surface area contributed by atoms with Crippen molar-refractivity contribution in [2.45, 2.75) is 32.6 Å². The molecule has 0 aromatic carbocycles. The molecule has 0 radical (unpaired) electrons. The van der Waals surface area contributed by atoms with Gasteiger partial charge >= 0.3 is 5.97 Å². The molecule has 4 heteroatoms. The maximum absolute atomic E-state index is 10.8. The lowest BCUT2D eigenvalue weighted by Crippen LogP contribution is -2.48. The summed E-state index contributed by atoms with van der Waals surface area (Å²) in [7, 11) is 0. The van der Waals surface area contributed by atoms with Gasteiger partial charge in [-0.1, -0.05) is 6.92 Å². The first-order valence-corrected chi connectivity index (χ1v) is 6.80. The number of carbonyl (C=O) groups is 1. The van der Waals surface area contributed by atoms with E-state index in [4.69, 9.17) is 5.11 Å². The van der Waals surface area contributed by atoms with Crippen molar-refractivity contribution in [3.05, 3.63) is 0 Å². The van der Waals surface area contributed by atoms with Gasteiger partial charge in [-0.15, -0.1) is 0 Å². The Morgan fingerprint density at radius 1 is 1.18 bits per heavy atom. The van der Waals surface area contributed by atoms with E-state index < -0.39 is 5.97 Å². The first-order chi connectivity index (χ1) is 8.13. The number of hydrogen-bond donors (Lipinski definition) is 1. The van der Waals surface area contributed by atoms with E-state index in [-0.39, 0.29) is 5.41 Å². The number of carboxylic acids is 1. The summed E-state index contributed by atoms with van der Waals surface area (Å²) in [4.78, 5) is 15.8. The van der Waals surface area contributed by atoms with Gasteiger partial charge in [-0.05, 0) is 31.2 Å². The highest BCUT2D eigenvalue weighted by atomic mass is 16.4. The van der Waals surface area contributed by atoms with Gasteiger partial charge < -0.3 is 14.9 Å². The first kappa shape index (κ1) is 12.8. The van der Waals surface area contributed by atoms with Crippen molar-refractivity contribution < 1.29 is 9.90 Å². The third kappa shape index (κ3) is 3.68. The number of carboxylic acid groups (broad SMARTS) is 1. The lowest BCUT2D eigenvalue weighted by molar-refractivity contribution is -0.138. The fourth-order valence-corrected chi connectivity index (χ4v) is 2.85. The summed E-state index contributed by atoms with van der Waals surface area (Å²) < 4.78 is 0. The molecule has 0 spiro atoms. The van der Waals surface area contributed by atoms with Crippen molar-refractivity contribution in [3.8, 4) is 0 Å². The highest BCUT2D eigenvalue weighted by Crippen LogP contribution is 2.49. The van der Waals surface area contributed by atoms with Crippen LogP contribution in [-0.4, -0.2) is 60.1 Å². The van der Waals surface area contributed by atoms with Crippen molar-refractivity contribution in [1.82, 2.24) is 9.80 Å². The highest BCUT2D eigenvalue weighted by Gasteiger charge is 2.45. The summed E-state index contributed by atoms with van der Waals surface area (Å²) in [5.74, 6) is -0.632. The molecule has 98 valence electrons. The van der Waals surface area contributed by atoms with E-state index in [1.54, 1.807) is 0 Å². The van der Waals surface area contributed by atoms with Gasteiger partial charge in [-0.3, -0.25) is 4.79 Å². The predicted octanol–water partition coefficient (Wildman–Crippen LogP) is 1.27. The Balaban J connectivity index is 1.73. The van der Waals surface area contributed by atoms with Crippen LogP contribution in [0.2, 0.25) is 0 Å². The number of piperazine rings is 1. The quantitative estimate of drug-likeness (QED) is 0.759. The average Bonchev–Trinajstić information content (AvgIpc) is 3.00. The van der Waals surface area contributed by atoms with Gasteiger partial charge in [-0.25, -0.2) is 0 Å². The Morgan fingerprint density at radius 3 is 2.24 bits per heavy atom. The molecular weight excluding hydrogens is 216 g/mol. The summed E-state index contributed by atoms with van der Waals surface area (Å²) in [5.41, 5.74) is 0.124. The molecule has 2 aliphatic rings. The molecule has 1 N–H and O–H groups in total. The minimum atomic E-state index is -0.632. The minimum absolute atomic E-state index is 0.124. The van der Waals surface area contributed by atoms with E-state index in [1.165, 1.54) is 13.0 Å². The minimum Gasteiger partial charge on any atom is -0.481 e. The van der Waals surface area contributed by atoms with E-state index >= 15 is 0 Å². The largest absolute Gasteiger partial charge is 0.481 e. The second kappa shape index (κ2) is 5.36. The van der Waals surface area contributed by atoms with Crippen LogP contribution in [0.3, 0.4) is 0 Å². The van der Waals surface area contributed by atoms with E-state index in [0.717, 1.165) is 45.6 Å². The molecule has 2 fully saturated rings. The summed E-state index contributed by atoms with van der Waals surface area (Å²) in [6.45, 7) is 8.95. The summed E-state index contributed by atoms with van der Waals surface area (Å²) in [6.07, 6.45) is 3.80. The summed E-state index contributed by atoms with van der Waals surface area (Å²) >= 11 is 0. The zero-order valence-corrected chi connectivity index (χ0v) is 10.8. The second-order valence-electron chi connectivity index (χ2n) is 5.69. The molecule has 0 aromatic heterocycles. The maximum atomic E-state index is 10.8. The van der Waals surface area contributed by atoms with Crippen LogP contribution in [0.4, 0.5) is 0 Å². The SMILES string of the molecule is CCCN1CCN(CC2(CC(=O)O)CC2)CC1. The van der Waals surface area contributed by atoms with Gasteiger partial charge in [0.25, 0.3) is 0 Å². The second-order valence-corrected chi connectivity index (χ2v) is 5.69. The lowest BCUT2D eigenvalue weighted by atomic mass is 10.0. The van der Waals surface area contributed by atoms with Gasteiger partial charge in [0.1, 0.15) is 0 Å². The standard InChI is InChI=1S/C13H24N2O2/c1-2-5-14-6-8-15(9-7-14)11-13(3-4-13)10-12(16)17/h2-11H2,1H3,(H,16,17). The molecule has 1 saturated carbocycles. The van der Waals surface area contributed by atoms with Crippen LogP contribution >= 0.6 is 0 Å². The maximum Gasteiger partial charge on any atom is 0.303 e. The van der Waals surface area contributed by atoms with Crippen LogP contribution in [-0.2, 0) is 4.79 Å². The fourth-order valence-electron chi connectivity index (χ4n) is 2.85. The number of rotatable bonds is 6. The highest BCUT2D eigenvalue weighted by molar-refractivity contribution is 5.68. The molecule has 0 atom stereocenters. The van der Waals surface area contributed by atoms with Crippen molar-refractivity contribution in [2.75, 3.05) is 39.3 Å². The third-order valence-electron chi connectivity index (χ3n) is 4.05. The Bertz CT molecular complexity index is 269. The average molecular weight is 240 g/mol. The zero-order chi connectivity index (χ0) is 12.3. The van der Waals surface area contributed by atoms with Crippen molar-refractivity contribution in [1.29, 1.82) is 0 Å². The van der Waals surface area contributed by atoms with Gasteiger partial charge in [0.2, 0.25) is 0 Å². The predicted molar refractivity (Wildman–Crippen MR) is 67.1 cm³/mol.